The van der Waals surface area contributed by atoms with Gasteiger partial charge in [0.15, 0.2) is 0 Å². The standard InChI is InChI=1S/C13H24N4O/c1-11(2)5-6-14-12-9-13(16-10-15-12)17(3)7-4-8-18/h9-11,18H,4-8H2,1-3H3,(H,14,15,16). The third kappa shape index (κ3) is 5.31. The lowest BCUT2D eigenvalue weighted by atomic mass is 10.1. The van der Waals surface area contributed by atoms with Gasteiger partial charge in [-0.2, -0.15) is 0 Å². The first-order valence-corrected chi connectivity index (χ1v) is 6.51. The van der Waals surface area contributed by atoms with Crippen molar-refractivity contribution in [2.24, 2.45) is 5.92 Å². The molecule has 5 nitrogen and oxygen atoms in total. The van der Waals surface area contributed by atoms with E-state index >= 15 is 0 Å². The van der Waals surface area contributed by atoms with E-state index in [9.17, 15) is 0 Å². The van der Waals surface area contributed by atoms with Gasteiger partial charge in [-0.05, 0) is 18.8 Å². The van der Waals surface area contributed by atoms with Crippen molar-refractivity contribution < 1.29 is 5.11 Å². The highest BCUT2D eigenvalue weighted by molar-refractivity contribution is 5.47. The molecule has 0 fully saturated rings. The van der Waals surface area contributed by atoms with Gasteiger partial charge >= 0.3 is 0 Å². The summed E-state index contributed by atoms with van der Waals surface area (Å²) in [6, 6.07) is 1.94. The number of nitrogens with one attached hydrogen (secondary N) is 1. The Morgan fingerprint density at radius 3 is 2.83 bits per heavy atom. The maximum Gasteiger partial charge on any atom is 0.133 e. The number of rotatable bonds is 8. The van der Waals surface area contributed by atoms with Crippen LogP contribution >= 0.6 is 0 Å². The summed E-state index contributed by atoms with van der Waals surface area (Å²) in [6.07, 6.45) is 3.44. The van der Waals surface area contributed by atoms with E-state index in [1.165, 1.54) is 0 Å². The van der Waals surface area contributed by atoms with E-state index in [-0.39, 0.29) is 6.61 Å². The van der Waals surface area contributed by atoms with Crippen LogP contribution in [0.5, 0.6) is 0 Å². The van der Waals surface area contributed by atoms with Gasteiger partial charge in [-0.25, -0.2) is 9.97 Å². The molecule has 0 aliphatic carbocycles. The summed E-state index contributed by atoms with van der Waals surface area (Å²) in [5.41, 5.74) is 0. The van der Waals surface area contributed by atoms with Crippen LogP contribution in [-0.4, -0.2) is 41.8 Å². The van der Waals surface area contributed by atoms with E-state index in [1.54, 1.807) is 6.33 Å². The number of hydrogen-bond acceptors (Lipinski definition) is 5. The highest BCUT2D eigenvalue weighted by Gasteiger charge is 2.04. The highest BCUT2D eigenvalue weighted by atomic mass is 16.3. The van der Waals surface area contributed by atoms with Gasteiger partial charge in [-0.1, -0.05) is 13.8 Å². The predicted molar refractivity (Wildman–Crippen MR) is 74.9 cm³/mol. The molecule has 0 saturated carbocycles. The second-order valence-electron chi connectivity index (χ2n) is 4.87. The summed E-state index contributed by atoms with van der Waals surface area (Å²) < 4.78 is 0. The van der Waals surface area contributed by atoms with Crippen molar-refractivity contribution in [3.63, 3.8) is 0 Å². The highest BCUT2D eigenvalue weighted by Crippen LogP contribution is 2.13. The van der Waals surface area contributed by atoms with Gasteiger partial charge in [0.05, 0.1) is 0 Å². The molecule has 102 valence electrons. The van der Waals surface area contributed by atoms with Crippen molar-refractivity contribution in [1.82, 2.24) is 9.97 Å². The number of anilines is 2. The van der Waals surface area contributed by atoms with Gasteiger partial charge in [-0.15, -0.1) is 0 Å². The van der Waals surface area contributed by atoms with Crippen molar-refractivity contribution >= 4 is 11.6 Å². The monoisotopic (exact) mass is 252 g/mol. The van der Waals surface area contributed by atoms with Crippen molar-refractivity contribution in [1.29, 1.82) is 0 Å². The minimum atomic E-state index is 0.203. The first-order valence-electron chi connectivity index (χ1n) is 6.51. The van der Waals surface area contributed by atoms with E-state index in [1.807, 2.05) is 18.0 Å². The summed E-state index contributed by atoms with van der Waals surface area (Å²) in [5.74, 6) is 2.42. The molecule has 1 aromatic heterocycles. The fraction of sp³-hybridized carbons (Fsp3) is 0.692. The summed E-state index contributed by atoms with van der Waals surface area (Å²) in [4.78, 5) is 10.4. The second-order valence-corrected chi connectivity index (χ2v) is 4.87. The van der Waals surface area contributed by atoms with E-state index < -0.39 is 0 Å². The fourth-order valence-electron chi connectivity index (χ4n) is 1.56. The molecule has 0 spiro atoms. The maximum atomic E-state index is 8.81. The van der Waals surface area contributed by atoms with Crippen LogP contribution in [0.25, 0.3) is 0 Å². The number of hydrogen-bond donors (Lipinski definition) is 2. The lowest BCUT2D eigenvalue weighted by molar-refractivity contribution is 0.290. The molecule has 0 saturated heterocycles. The molecule has 0 amide bonds. The molecule has 2 N–H and O–H groups in total. The van der Waals surface area contributed by atoms with Crippen LogP contribution in [0.4, 0.5) is 11.6 Å². The van der Waals surface area contributed by atoms with E-state index in [0.717, 1.165) is 37.6 Å². The minimum Gasteiger partial charge on any atom is -0.396 e. The van der Waals surface area contributed by atoms with Gasteiger partial charge in [0.2, 0.25) is 0 Å². The zero-order valence-electron chi connectivity index (χ0n) is 11.6. The van der Waals surface area contributed by atoms with Crippen LogP contribution in [0.2, 0.25) is 0 Å². The number of nitrogens with zero attached hydrogens (tertiary/aromatic N) is 3. The Kier molecular flexibility index (Phi) is 6.43. The third-order valence-corrected chi connectivity index (χ3v) is 2.72. The van der Waals surface area contributed by atoms with Crippen LogP contribution in [0.15, 0.2) is 12.4 Å². The Morgan fingerprint density at radius 1 is 1.39 bits per heavy atom. The lowest BCUT2D eigenvalue weighted by Crippen LogP contribution is -2.21. The topological polar surface area (TPSA) is 61.3 Å². The maximum absolute atomic E-state index is 8.81. The molecule has 0 aliphatic rings. The van der Waals surface area contributed by atoms with Gasteiger partial charge in [0, 0.05) is 32.8 Å². The largest absolute Gasteiger partial charge is 0.396 e. The normalized spacial score (nSPS) is 10.7. The Balaban J connectivity index is 2.50. The van der Waals surface area contributed by atoms with Gasteiger partial charge in [0.25, 0.3) is 0 Å². The van der Waals surface area contributed by atoms with Gasteiger partial charge < -0.3 is 15.3 Å². The van der Waals surface area contributed by atoms with E-state index in [2.05, 4.69) is 29.1 Å². The molecule has 0 atom stereocenters. The van der Waals surface area contributed by atoms with Crippen molar-refractivity contribution in [2.75, 3.05) is 37.0 Å². The number of aromatic nitrogens is 2. The smallest absolute Gasteiger partial charge is 0.133 e. The number of aliphatic hydroxyl groups excluding tert-OH is 1. The van der Waals surface area contributed by atoms with Crippen LogP contribution in [0, 0.1) is 5.92 Å². The fourth-order valence-corrected chi connectivity index (χ4v) is 1.56. The summed E-state index contributed by atoms with van der Waals surface area (Å²) >= 11 is 0. The van der Waals surface area contributed by atoms with Crippen LogP contribution in [-0.2, 0) is 0 Å². The van der Waals surface area contributed by atoms with Crippen LogP contribution < -0.4 is 10.2 Å². The summed E-state index contributed by atoms with van der Waals surface area (Å²) in [6.45, 7) is 6.33. The molecule has 18 heavy (non-hydrogen) atoms. The quantitative estimate of drug-likeness (QED) is 0.738. The van der Waals surface area contributed by atoms with Crippen LogP contribution in [0.1, 0.15) is 26.7 Å². The minimum absolute atomic E-state index is 0.203. The Hall–Kier alpha value is -1.36. The van der Waals surface area contributed by atoms with Gasteiger partial charge in [0.1, 0.15) is 18.0 Å². The molecule has 0 bridgehead atoms. The number of aliphatic hydroxyl groups is 1. The summed E-state index contributed by atoms with van der Waals surface area (Å²) in [7, 11) is 1.97. The molecule has 0 aliphatic heterocycles. The molecular weight excluding hydrogens is 228 g/mol. The zero-order valence-corrected chi connectivity index (χ0v) is 11.6. The van der Waals surface area contributed by atoms with Crippen molar-refractivity contribution in [3.05, 3.63) is 12.4 Å². The van der Waals surface area contributed by atoms with E-state index in [0.29, 0.717) is 5.92 Å². The SMILES string of the molecule is CC(C)CCNc1cc(N(C)CCCO)ncn1. The molecule has 0 radical (unpaired) electrons. The molecular formula is C13H24N4O. The van der Waals surface area contributed by atoms with Crippen molar-refractivity contribution in [2.45, 2.75) is 26.7 Å². The Labute approximate surface area is 109 Å². The molecule has 0 unspecified atom stereocenters. The molecule has 1 rings (SSSR count). The Morgan fingerprint density at radius 2 is 2.17 bits per heavy atom. The Bertz CT molecular complexity index is 344. The molecule has 1 heterocycles. The second kappa shape index (κ2) is 7.87. The van der Waals surface area contributed by atoms with Crippen molar-refractivity contribution in [3.8, 4) is 0 Å². The van der Waals surface area contributed by atoms with Crippen LogP contribution in [0.3, 0.4) is 0 Å². The average molecular weight is 252 g/mol. The van der Waals surface area contributed by atoms with Gasteiger partial charge in [-0.3, -0.25) is 0 Å². The molecule has 1 aromatic rings. The third-order valence-electron chi connectivity index (χ3n) is 2.72. The first-order chi connectivity index (χ1) is 8.63. The zero-order chi connectivity index (χ0) is 13.4. The molecule has 5 heteroatoms. The average Bonchev–Trinajstić information content (AvgIpc) is 2.36. The molecule has 0 aromatic carbocycles. The lowest BCUT2D eigenvalue weighted by Gasteiger charge is -2.18. The van der Waals surface area contributed by atoms with E-state index in [4.69, 9.17) is 5.11 Å². The predicted octanol–water partition coefficient (Wildman–Crippen LogP) is 1.75. The first kappa shape index (κ1) is 14.7. The summed E-state index contributed by atoms with van der Waals surface area (Å²) in [5, 5.41) is 12.1.